The maximum Gasteiger partial charge on any atom is 0.0940 e. The molecule has 0 spiro atoms. The molecule has 0 amide bonds. The lowest BCUT2D eigenvalue weighted by Gasteiger charge is -2.21. The minimum absolute atomic E-state index is 0.0776. The molecule has 2 aromatic rings. The van der Waals surface area contributed by atoms with E-state index in [0.29, 0.717) is 0 Å². The van der Waals surface area contributed by atoms with Gasteiger partial charge in [-0.15, -0.1) is 11.8 Å². The third kappa shape index (κ3) is 4.62. The summed E-state index contributed by atoms with van der Waals surface area (Å²) in [5.41, 5.74) is 3.84. The van der Waals surface area contributed by atoms with Gasteiger partial charge in [-0.25, -0.2) is 0 Å². The smallest absolute Gasteiger partial charge is 0.0940 e. The highest BCUT2D eigenvalue weighted by Gasteiger charge is 2.19. The third-order valence-electron chi connectivity index (χ3n) is 4.73. The molecular weight excluding hydrogens is 314 g/mol. The van der Waals surface area contributed by atoms with Gasteiger partial charge in [0.1, 0.15) is 0 Å². The number of fused-ring (bicyclic) bond motifs is 1. The molecule has 0 saturated heterocycles. The van der Waals surface area contributed by atoms with E-state index in [9.17, 15) is 5.11 Å². The van der Waals surface area contributed by atoms with E-state index in [0.717, 1.165) is 31.4 Å². The normalized spacial score (nSPS) is 15.9. The van der Waals surface area contributed by atoms with Gasteiger partial charge in [-0.2, -0.15) is 0 Å². The van der Waals surface area contributed by atoms with Gasteiger partial charge in [0.25, 0.3) is 0 Å². The zero-order chi connectivity index (χ0) is 16.8. The summed E-state index contributed by atoms with van der Waals surface area (Å²) in [6.45, 7) is 3.02. The Morgan fingerprint density at radius 1 is 1.12 bits per heavy atom. The van der Waals surface area contributed by atoms with Crippen molar-refractivity contribution in [2.45, 2.75) is 49.6 Å². The minimum atomic E-state index is -0.435. The van der Waals surface area contributed by atoms with Crippen molar-refractivity contribution < 1.29 is 5.11 Å². The van der Waals surface area contributed by atoms with Crippen LogP contribution in [0.4, 0.5) is 0 Å². The molecule has 1 heterocycles. The topological polar surface area (TPSA) is 32.3 Å². The Bertz CT molecular complexity index is 644. The van der Waals surface area contributed by atoms with Crippen molar-refractivity contribution in [3.8, 4) is 0 Å². The first-order valence-corrected chi connectivity index (χ1v) is 9.93. The summed E-state index contributed by atoms with van der Waals surface area (Å²) >= 11 is 1.92. The molecule has 1 aliphatic heterocycles. The molecule has 2 nitrogen and oxygen atoms in total. The second-order valence-corrected chi connectivity index (χ2v) is 7.73. The molecule has 128 valence electrons. The van der Waals surface area contributed by atoms with Gasteiger partial charge in [0.05, 0.1) is 6.10 Å². The molecule has 0 saturated carbocycles. The molecule has 2 N–H and O–H groups in total. The number of aliphatic hydroxyl groups excluding tert-OH is 1. The minimum Gasteiger partial charge on any atom is -0.387 e. The van der Waals surface area contributed by atoms with Crippen molar-refractivity contribution in [2.24, 2.45) is 0 Å². The molecule has 0 bridgehead atoms. The highest BCUT2D eigenvalue weighted by atomic mass is 32.2. The maximum atomic E-state index is 10.6. The van der Waals surface area contributed by atoms with Gasteiger partial charge in [0.15, 0.2) is 0 Å². The van der Waals surface area contributed by atoms with E-state index >= 15 is 0 Å². The number of rotatable bonds is 8. The average molecular weight is 342 g/mol. The number of benzene rings is 2. The van der Waals surface area contributed by atoms with Crippen LogP contribution in [0, 0.1) is 0 Å². The lowest BCUT2D eigenvalue weighted by Crippen LogP contribution is -2.33. The lowest BCUT2D eigenvalue weighted by atomic mass is 10.00. The zero-order valence-corrected chi connectivity index (χ0v) is 15.2. The summed E-state index contributed by atoms with van der Waals surface area (Å²) in [5, 5.41) is 14.1. The second kappa shape index (κ2) is 8.70. The first kappa shape index (κ1) is 17.5. The number of thioether (sulfide) groups is 1. The van der Waals surface area contributed by atoms with Gasteiger partial charge in [0.2, 0.25) is 0 Å². The van der Waals surface area contributed by atoms with Gasteiger partial charge < -0.3 is 10.4 Å². The number of nitrogens with one attached hydrogen (secondary N) is 1. The number of hydrogen-bond donors (Lipinski definition) is 2. The zero-order valence-electron chi connectivity index (χ0n) is 14.4. The summed E-state index contributed by atoms with van der Waals surface area (Å²) in [6.07, 6.45) is 4.13. The van der Waals surface area contributed by atoms with Crippen LogP contribution >= 0.6 is 11.8 Å². The molecule has 0 fully saturated rings. The highest BCUT2D eigenvalue weighted by molar-refractivity contribution is 7.99. The lowest BCUT2D eigenvalue weighted by molar-refractivity contribution is 0.136. The van der Waals surface area contributed by atoms with E-state index in [1.54, 1.807) is 0 Å². The van der Waals surface area contributed by atoms with Crippen molar-refractivity contribution in [2.75, 3.05) is 12.3 Å². The predicted octanol–water partition coefficient (Wildman–Crippen LogP) is 4.37. The fraction of sp³-hybridized carbons (Fsp3) is 0.429. The Kier molecular flexibility index (Phi) is 6.36. The van der Waals surface area contributed by atoms with E-state index in [1.165, 1.54) is 28.2 Å². The van der Waals surface area contributed by atoms with Gasteiger partial charge in [0, 0.05) is 16.7 Å². The Hall–Kier alpha value is -1.29. The fourth-order valence-electron chi connectivity index (χ4n) is 3.22. The Morgan fingerprint density at radius 2 is 1.96 bits per heavy atom. The van der Waals surface area contributed by atoms with E-state index in [1.807, 2.05) is 11.8 Å². The van der Waals surface area contributed by atoms with E-state index in [4.69, 9.17) is 0 Å². The largest absolute Gasteiger partial charge is 0.387 e. The molecule has 3 heteroatoms. The number of hydrogen-bond acceptors (Lipinski definition) is 3. The van der Waals surface area contributed by atoms with Gasteiger partial charge in [-0.3, -0.25) is 0 Å². The number of unbranched alkanes of at least 4 members (excludes halogenated alkanes) is 1. The van der Waals surface area contributed by atoms with Crippen LogP contribution in [0.2, 0.25) is 0 Å². The Balaban J connectivity index is 1.40. The molecule has 0 aromatic heterocycles. The van der Waals surface area contributed by atoms with Crippen molar-refractivity contribution in [1.29, 1.82) is 0 Å². The number of aryl methyl sites for hydroxylation is 2. The van der Waals surface area contributed by atoms with Crippen molar-refractivity contribution in [3.05, 3.63) is 65.2 Å². The molecule has 2 atom stereocenters. The van der Waals surface area contributed by atoms with Crippen LogP contribution in [0.1, 0.15) is 42.6 Å². The quantitative estimate of drug-likeness (QED) is 0.699. The predicted molar refractivity (Wildman–Crippen MR) is 103 cm³/mol. The van der Waals surface area contributed by atoms with Crippen LogP contribution in [-0.4, -0.2) is 23.4 Å². The highest BCUT2D eigenvalue weighted by Crippen LogP contribution is 2.33. The third-order valence-corrected chi connectivity index (χ3v) is 5.85. The van der Waals surface area contributed by atoms with Crippen molar-refractivity contribution >= 4 is 11.8 Å². The summed E-state index contributed by atoms with van der Waals surface area (Å²) in [7, 11) is 0. The SMILES string of the molecule is C[C@H](NCCCCc1ccccc1)[C@H](O)c1ccc2c(c1)CCS2. The number of aliphatic hydroxyl groups is 1. The maximum absolute atomic E-state index is 10.6. The van der Waals surface area contributed by atoms with E-state index in [2.05, 4.69) is 60.8 Å². The Labute approximate surface area is 149 Å². The standard InChI is InChI=1S/C21H27NOS/c1-16(22-13-6-5-9-17-7-3-2-4-8-17)21(23)19-10-11-20-18(15-19)12-14-24-20/h2-4,7-8,10-11,15-16,21-23H,5-6,9,12-14H2,1H3/t16-,21-/m0/s1. The van der Waals surface area contributed by atoms with Crippen LogP contribution in [-0.2, 0) is 12.8 Å². The molecule has 3 rings (SSSR count). The van der Waals surface area contributed by atoms with E-state index in [-0.39, 0.29) is 6.04 Å². The molecule has 0 aliphatic carbocycles. The molecule has 24 heavy (non-hydrogen) atoms. The summed E-state index contributed by atoms with van der Waals surface area (Å²) < 4.78 is 0. The summed E-state index contributed by atoms with van der Waals surface area (Å²) in [4.78, 5) is 1.38. The van der Waals surface area contributed by atoms with Crippen LogP contribution in [0.3, 0.4) is 0 Å². The van der Waals surface area contributed by atoms with E-state index < -0.39 is 6.10 Å². The van der Waals surface area contributed by atoms with Crippen LogP contribution in [0.25, 0.3) is 0 Å². The van der Waals surface area contributed by atoms with Crippen LogP contribution in [0.15, 0.2) is 53.4 Å². The van der Waals surface area contributed by atoms with Crippen molar-refractivity contribution in [3.63, 3.8) is 0 Å². The van der Waals surface area contributed by atoms with Gasteiger partial charge in [-0.1, -0.05) is 42.5 Å². The van der Waals surface area contributed by atoms with Crippen LogP contribution < -0.4 is 5.32 Å². The monoisotopic (exact) mass is 341 g/mol. The summed E-state index contributed by atoms with van der Waals surface area (Å²) in [6, 6.07) is 17.1. The molecule has 0 unspecified atom stereocenters. The van der Waals surface area contributed by atoms with Crippen molar-refractivity contribution in [1.82, 2.24) is 5.32 Å². The molecule has 0 radical (unpaired) electrons. The van der Waals surface area contributed by atoms with Crippen LogP contribution in [0.5, 0.6) is 0 Å². The van der Waals surface area contributed by atoms with Gasteiger partial charge in [-0.05, 0) is 61.9 Å². The fourth-order valence-corrected chi connectivity index (χ4v) is 4.27. The average Bonchev–Trinajstić information content (AvgIpc) is 3.09. The first-order chi connectivity index (χ1) is 11.7. The molecule has 2 aromatic carbocycles. The molecule has 1 aliphatic rings. The molecular formula is C21H27NOS. The second-order valence-electron chi connectivity index (χ2n) is 6.60. The summed E-state index contributed by atoms with van der Waals surface area (Å²) in [5.74, 6) is 1.17. The Morgan fingerprint density at radius 3 is 2.79 bits per heavy atom. The van der Waals surface area contributed by atoms with Gasteiger partial charge >= 0.3 is 0 Å². The first-order valence-electron chi connectivity index (χ1n) is 8.95.